The maximum absolute atomic E-state index is 11.9. The van der Waals surface area contributed by atoms with Crippen LogP contribution in [0.5, 0.6) is 0 Å². The molecule has 6 nitrogen and oxygen atoms in total. The molecule has 0 bridgehead atoms. The van der Waals surface area contributed by atoms with Crippen molar-refractivity contribution < 1.29 is 9.21 Å². The third-order valence-corrected chi connectivity index (χ3v) is 5.64. The quantitative estimate of drug-likeness (QED) is 0.863. The van der Waals surface area contributed by atoms with Crippen LogP contribution in [0.2, 0.25) is 0 Å². The smallest absolute Gasteiger partial charge is 0.253 e. The minimum absolute atomic E-state index is 0.0451. The molecular weight excluding hydrogens is 316 g/mol. The molecule has 2 aliphatic rings. The van der Waals surface area contributed by atoms with Gasteiger partial charge in [0.25, 0.3) is 5.91 Å². The first-order valence-corrected chi connectivity index (χ1v) is 9.33. The Morgan fingerprint density at radius 2 is 2.00 bits per heavy atom. The first kappa shape index (κ1) is 16.4. The van der Waals surface area contributed by atoms with E-state index in [1.807, 2.05) is 0 Å². The van der Waals surface area contributed by atoms with Crippen LogP contribution in [0.15, 0.2) is 4.42 Å². The Bertz CT molecular complexity index is 816. The lowest BCUT2D eigenvalue weighted by Gasteiger charge is -2.21. The molecule has 0 aliphatic heterocycles. The van der Waals surface area contributed by atoms with Crippen molar-refractivity contribution in [3.8, 4) is 0 Å². The van der Waals surface area contributed by atoms with Gasteiger partial charge in [0, 0.05) is 12.0 Å². The van der Waals surface area contributed by atoms with E-state index in [1.165, 1.54) is 32.1 Å². The molecule has 0 atom stereocenters. The average Bonchev–Trinajstić information content (AvgIpc) is 3.17. The molecule has 134 valence electrons. The van der Waals surface area contributed by atoms with Gasteiger partial charge in [-0.15, -0.1) is 0 Å². The van der Waals surface area contributed by atoms with E-state index in [1.54, 1.807) is 6.92 Å². The highest BCUT2D eigenvalue weighted by molar-refractivity contribution is 6.09. The van der Waals surface area contributed by atoms with Crippen LogP contribution in [0, 0.1) is 12.8 Å². The number of nitrogens with zero attached hydrogens (tertiary/aromatic N) is 2. The molecular formula is C19H26N4O2. The van der Waals surface area contributed by atoms with Gasteiger partial charge in [-0.1, -0.05) is 32.1 Å². The zero-order chi connectivity index (χ0) is 17.6. The summed E-state index contributed by atoms with van der Waals surface area (Å²) in [6.07, 6.45) is 9.47. The van der Waals surface area contributed by atoms with Crippen molar-refractivity contribution in [1.29, 1.82) is 0 Å². The second-order valence-electron chi connectivity index (χ2n) is 7.96. The molecule has 0 aromatic carbocycles. The highest BCUT2D eigenvalue weighted by Crippen LogP contribution is 2.40. The van der Waals surface area contributed by atoms with Crippen LogP contribution >= 0.6 is 0 Å². The molecule has 0 radical (unpaired) electrons. The van der Waals surface area contributed by atoms with Gasteiger partial charge in [-0.3, -0.25) is 4.79 Å². The number of primary amides is 1. The Morgan fingerprint density at radius 1 is 1.28 bits per heavy atom. The Morgan fingerprint density at radius 3 is 2.64 bits per heavy atom. The Balaban J connectivity index is 1.76. The van der Waals surface area contributed by atoms with Gasteiger partial charge in [0.1, 0.15) is 17.4 Å². The number of anilines is 1. The summed E-state index contributed by atoms with van der Waals surface area (Å²) in [6.45, 7) is 3.92. The Labute approximate surface area is 147 Å². The minimum atomic E-state index is -0.496. The van der Waals surface area contributed by atoms with Crippen LogP contribution in [0.3, 0.4) is 0 Å². The molecule has 1 amide bonds. The van der Waals surface area contributed by atoms with Crippen molar-refractivity contribution in [2.24, 2.45) is 11.7 Å². The number of hydrogen-bond donors (Lipinski definition) is 2. The van der Waals surface area contributed by atoms with Gasteiger partial charge >= 0.3 is 0 Å². The summed E-state index contributed by atoms with van der Waals surface area (Å²) in [4.78, 5) is 21.3. The van der Waals surface area contributed by atoms with Crippen LogP contribution in [0.1, 0.15) is 73.8 Å². The van der Waals surface area contributed by atoms with E-state index < -0.39 is 5.91 Å². The summed E-state index contributed by atoms with van der Waals surface area (Å²) < 4.78 is 5.77. The molecule has 2 aromatic heterocycles. The first-order chi connectivity index (χ1) is 12.0. The number of carbonyl (C=O) groups is 1. The van der Waals surface area contributed by atoms with Gasteiger partial charge in [0.15, 0.2) is 0 Å². The van der Waals surface area contributed by atoms with Crippen molar-refractivity contribution in [2.75, 3.05) is 5.32 Å². The predicted molar refractivity (Wildman–Crippen MR) is 96.6 cm³/mol. The molecule has 2 aliphatic carbocycles. The van der Waals surface area contributed by atoms with Gasteiger partial charge < -0.3 is 15.5 Å². The molecule has 6 heteroatoms. The van der Waals surface area contributed by atoms with E-state index in [0.29, 0.717) is 34.2 Å². The van der Waals surface area contributed by atoms with Crippen LogP contribution in [-0.2, 0) is 6.42 Å². The van der Waals surface area contributed by atoms with Crippen LogP contribution < -0.4 is 11.1 Å². The summed E-state index contributed by atoms with van der Waals surface area (Å²) in [5.41, 5.74) is 6.49. The van der Waals surface area contributed by atoms with Crippen molar-refractivity contribution in [1.82, 2.24) is 9.97 Å². The topological polar surface area (TPSA) is 94.0 Å². The maximum atomic E-state index is 11.9. The molecule has 0 spiro atoms. The van der Waals surface area contributed by atoms with E-state index in [4.69, 9.17) is 15.1 Å². The van der Waals surface area contributed by atoms with Crippen molar-refractivity contribution in [3.05, 3.63) is 17.1 Å². The number of rotatable bonds is 5. The summed E-state index contributed by atoms with van der Waals surface area (Å²) in [7, 11) is 0. The van der Waals surface area contributed by atoms with E-state index in [9.17, 15) is 4.79 Å². The predicted octanol–water partition coefficient (Wildman–Crippen LogP) is 3.72. The number of aryl methyl sites for hydroxylation is 1. The first-order valence-electron chi connectivity index (χ1n) is 9.33. The summed E-state index contributed by atoms with van der Waals surface area (Å²) in [5.74, 6) is 2.15. The number of fused-ring (bicyclic) bond motifs is 1. The largest absolute Gasteiger partial charge is 0.442 e. The van der Waals surface area contributed by atoms with E-state index in [-0.39, 0.29) is 5.54 Å². The van der Waals surface area contributed by atoms with Crippen LogP contribution in [0.25, 0.3) is 11.1 Å². The molecule has 2 fully saturated rings. The minimum Gasteiger partial charge on any atom is -0.442 e. The lowest BCUT2D eigenvalue weighted by molar-refractivity contribution is 0.1000. The maximum Gasteiger partial charge on any atom is 0.253 e. The fourth-order valence-corrected chi connectivity index (χ4v) is 3.88. The molecule has 4 rings (SSSR count). The van der Waals surface area contributed by atoms with Crippen LogP contribution in [-0.4, -0.2) is 21.4 Å². The zero-order valence-electron chi connectivity index (χ0n) is 15.0. The molecule has 3 N–H and O–H groups in total. The number of carbonyl (C=O) groups excluding carboxylic acids is 1. The SMILES string of the molecule is Cc1oc2nc(CC3CCCCC3)nc(NC3(C)CC3)c2c1C(N)=O. The van der Waals surface area contributed by atoms with Crippen molar-refractivity contribution in [2.45, 2.75) is 70.8 Å². The fourth-order valence-electron chi connectivity index (χ4n) is 3.88. The third-order valence-electron chi connectivity index (χ3n) is 5.64. The zero-order valence-corrected chi connectivity index (χ0v) is 15.0. The second-order valence-corrected chi connectivity index (χ2v) is 7.96. The molecule has 2 saturated carbocycles. The van der Waals surface area contributed by atoms with Crippen LogP contribution in [0.4, 0.5) is 5.82 Å². The molecule has 2 heterocycles. The fraction of sp³-hybridized carbons (Fsp3) is 0.632. The second kappa shape index (κ2) is 6.00. The number of nitrogens with two attached hydrogens (primary N) is 1. The van der Waals surface area contributed by atoms with Gasteiger partial charge in [0.2, 0.25) is 5.71 Å². The Hall–Kier alpha value is -2.11. The lowest BCUT2D eigenvalue weighted by Crippen LogP contribution is -2.20. The lowest BCUT2D eigenvalue weighted by atomic mass is 9.87. The van der Waals surface area contributed by atoms with Gasteiger partial charge in [-0.2, -0.15) is 4.98 Å². The third kappa shape index (κ3) is 3.22. The van der Waals surface area contributed by atoms with Gasteiger partial charge in [-0.05, 0) is 32.6 Å². The number of amides is 1. The molecule has 25 heavy (non-hydrogen) atoms. The highest BCUT2D eigenvalue weighted by atomic mass is 16.3. The summed E-state index contributed by atoms with van der Waals surface area (Å²) in [5, 5.41) is 4.13. The van der Waals surface area contributed by atoms with Gasteiger partial charge in [0.05, 0.1) is 10.9 Å². The van der Waals surface area contributed by atoms with Crippen molar-refractivity contribution in [3.63, 3.8) is 0 Å². The standard InChI is InChI=1S/C19H26N4O2/c1-11-14(16(20)24)15-17(23-19(2)8-9-19)21-13(22-18(15)25-11)10-12-6-4-3-5-7-12/h12H,3-10H2,1-2H3,(H2,20,24)(H,21,22,23). The number of furan rings is 1. The Kier molecular flexibility index (Phi) is 3.93. The molecule has 2 aromatic rings. The normalized spacial score (nSPS) is 19.9. The van der Waals surface area contributed by atoms with E-state index in [2.05, 4.69) is 17.2 Å². The molecule has 0 saturated heterocycles. The highest BCUT2D eigenvalue weighted by Gasteiger charge is 2.38. The average molecular weight is 342 g/mol. The monoisotopic (exact) mass is 342 g/mol. The van der Waals surface area contributed by atoms with E-state index in [0.717, 1.165) is 25.1 Å². The number of aromatic nitrogens is 2. The van der Waals surface area contributed by atoms with Crippen molar-refractivity contribution >= 4 is 22.8 Å². The van der Waals surface area contributed by atoms with E-state index >= 15 is 0 Å². The number of nitrogens with one attached hydrogen (secondary N) is 1. The summed E-state index contributed by atoms with van der Waals surface area (Å²) in [6, 6.07) is 0. The number of hydrogen-bond acceptors (Lipinski definition) is 5. The summed E-state index contributed by atoms with van der Waals surface area (Å²) >= 11 is 0. The molecule has 0 unspecified atom stereocenters. The van der Waals surface area contributed by atoms with Gasteiger partial charge in [-0.25, -0.2) is 4.98 Å².